The summed E-state index contributed by atoms with van der Waals surface area (Å²) in [7, 11) is -3.88. The van der Waals surface area contributed by atoms with Crippen LogP contribution in [0.25, 0.3) is 0 Å². The summed E-state index contributed by atoms with van der Waals surface area (Å²) in [6.45, 7) is 0. The minimum absolute atomic E-state index is 0.0226. The molecular formula is C12H8BrClFNO2S. The van der Waals surface area contributed by atoms with Crippen molar-refractivity contribution in [3.63, 3.8) is 0 Å². The Morgan fingerprint density at radius 1 is 1.11 bits per heavy atom. The van der Waals surface area contributed by atoms with Gasteiger partial charge >= 0.3 is 0 Å². The lowest BCUT2D eigenvalue weighted by atomic mass is 10.3. The summed E-state index contributed by atoms with van der Waals surface area (Å²) in [5, 5.41) is -0.146. The normalized spacial score (nSPS) is 11.3. The fourth-order valence-electron chi connectivity index (χ4n) is 1.45. The summed E-state index contributed by atoms with van der Waals surface area (Å²) in [6.07, 6.45) is 0. The molecule has 100 valence electrons. The summed E-state index contributed by atoms with van der Waals surface area (Å²) in [6, 6.07) is 10.4. The molecule has 1 N–H and O–H groups in total. The van der Waals surface area contributed by atoms with Crippen molar-refractivity contribution in [1.29, 1.82) is 0 Å². The minimum atomic E-state index is -3.88. The molecule has 0 atom stereocenters. The molecule has 0 heterocycles. The summed E-state index contributed by atoms with van der Waals surface area (Å²) in [5.74, 6) is -0.806. The van der Waals surface area contributed by atoms with E-state index in [-0.39, 0.29) is 15.6 Å². The first-order valence-corrected chi connectivity index (χ1v) is 7.78. The highest BCUT2D eigenvalue weighted by atomic mass is 79.9. The summed E-state index contributed by atoms with van der Waals surface area (Å²) < 4.78 is 40.5. The van der Waals surface area contributed by atoms with Gasteiger partial charge in [0.15, 0.2) is 5.82 Å². The molecule has 0 aromatic heterocycles. The van der Waals surface area contributed by atoms with Crippen LogP contribution in [0, 0.1) is 5.82 Å². The smallest absolute Gasteiger partial charge is 0.263 e. The molecule has 0 unspecified atom stereocenters. The van der Waals surface area contributed by atoms with Crippen molar-refractivity contribution >= 4 is 43.2 Å². The topological polar surface area (TPSA) is 46.2 Å². The number of anilines is 1. The van der Waals surface area contributed by atoms with E-state index < -0.39 is 15.8 Å². The fraction of sp³-hybridized carbons (Fsp3) is 0. The fourth-order valence-corrected chi connectivity index (χ4v) is 3.68. The zero-order valence-corrected chi connectivity index (χ0v) is 12.6. The molecule has 2 rings (SSSR count). The van der Waals surface area contributed by atoms with Crippen LogP contribution < -0.4 is 4.72 Å². The van der Waals surface area contributed by atoms with Crippen LogP contribution in [0.2, 0.25) is 5.02 Å². The van der Waals surface area contributed by atoms with Crippen molar-refractivity contribution in [1.82, 2.24) is 0 Å². The quantitative estimate of drug-likeness (QED) is 0.893. The van der Waals surface area contributed by atoms with Gasteiger partial charge in [-0.3, -0.25) is 4.72 Å². The molecule has 0 saturated carbocycles. The van der Waals surface area contributed by atoms with Gasteiger partial charge in [-0.1, -0.05) is 29.8 Å². The van der Waals surface area contributed by atoms with Gasteiger partial charge in [0, 0.05) is 4.47 Å². The molecule has 0 aliphatic rings. The zero-order valence-electron chi connectivity index (χ0n) is 9.40. The zero-order chi connectivity index (χ0) is 14.0. The van der Waals surface area contributed by atoms with E-state index in [2.05, 4.69) is 20.7 Å². The van der Waals surface area contributed by atoms with Crippen molar-refractivity contribution in [2.45, 2.75) is 4.90 Å². The van der Waals surface area contributed by atoms with E-state index >= 15 is 0 Å². The van der Waals surface area contributed by atoms with Gasteiger partial charge in [0.05, 0.1) is 10.7 Å². The van der Waals surface area contributed by atoms with Crippen molar-refractivity contribution in [3.8, 4) is 0 Å². The lowest BCUT2D eigenvalue weighted by Crippen LogP contribution is -2.14. The highest BCUT2D eigenvalue weighted by molar-refractivity contribution is 9.10. The van der Waals surface area contributed by atoms with Crippen molar-refractivity contribution < 1.29 is 12.8 Å². The molecule has 2 aromatic carbocycles. The predicted molar refractivity (Wildman–Crippen MR) is 76.4 cm³/mol. The molecule has 2 aromatic rings. The van der Waals surface area contributed by atoms with Crippen LogP contribution in [-0.2, 0) is 10.0 Å². The van der Waals surface area contributed by atoms with Gasteiger partial charge < -0.3 is 0 Å². The van der Waals surface area contributed by atoms with Crippen molar-refractivity contribution in [2.75, 3.05) is 4.72 Å². The van der Waals surface area contributed by atoms with Crippen LogP contribution >= 0.6 is 27.5 Å². The van der Waals surface area contributed by atoms with Crippen molar-refractivity contribution in [2.24, 2.45) is 0 Å². The number of sulfonamides is 1. The first kappa shape index (κ1) is 14.3. The number of rotatable bonds is 3. The summed E-state index contributed by atoms with van der Waals surface area (Å²) in [4.78, 5) is 0.0226. The second-order valence-corrected chi connectivity index (χ2v) is 6.55. The Labute approximate surface area is 123 Å². The predicted octanol–water partition coefficient (Wildman–Crippen LogP) is 4.04. The molecule has 0 bridgehead atoms. The van der Waals surface area contributed by atoms with Crippen LogP contribution in [-0.4, -0.2) is 8.42 Å². The van der Waals surface area contributed by atoms with Gasteiger partial charge in [-0.15, -0.1) is 0 Å². The summed E-state index contributed by atoms with van der Waals surface area (Å²) >= 11 is 8.74. The molecule has 0 saturated heterocycles. The van der Waals surface area contributed by atoms with E-state index in [1.54, 1.807) is 18.2 Å². The first-order valence-electron chi connectivity index (χ1n) is 5.13. The highest BCUT2D eigenvalue weighted by Gasteiger charge is 2.19. The van der Waals surface area contributed by atoms with Crippen LogP contribution in [0.5, 0.6) is 0 Å². The van der Waals surface area contributed by atoms with Gasteiger partial charge in [0.1, 0.15) is 4.90 Å². The maximum absolute atomic E-state index is 13.7. The maximum atomic E-state index is 13.7. The second-order valence-electron chi connectivity index (χ2n) is 3.64. The Balaban J connectivity index is 2.43. The van der Waals surface area contributed by atoms with Gasteiger partial charge in [-0.05, 0) is 40.2 Å². The molecule has 0 fully saturated rings. The number of halogens is 3. The van der Waals surface area contributed by atoms with Gasteiger partial charge in [-0.25, -0.2) is 12.8 Å². The Morgan fingerprint density at radius 2 is 1.79 bits per heavy atom. The van der Waals surface area contributed by atoms with E-state index in [1.807, 2.05) is 0 Å². The molecule has 0 amide bonds. The van der Waals surface area contributed by atoms with Gasteiger partial charge in [-0.2, -0.15) is 0 Å². The SMILES string of the molecule is O=S(=O)(Nc1cccc(Cl)c1F)c1ccccc1Br. The molecule has 7 heteroatoms. The summed E-state index contributed by atoms with van der Waals surface area (Å²) in [5.41, 5.74) is -0.191. The Bertz CT molecular complexity index is 721. The lowest BCUT2D eigenvalue weighted by molar-refractivity contribution is 0.598. The van der Waals surface area contributed by atoms with Crippen LogP contribution in [0.4, 0.5) is 10.1 Å². The van der Waals surface area contributed by atoms with Gasteiger partial charge in [0.2, 0.25) is 0 Å². The largest absolute Gasteiger partial charge is 0.277 e. The monoisotopic (exact) mass is 363 g/mol. The Hall–Kier alpha value is -1.11. The highest BCUT2D eigenvalue weighted by Crippen LogP contribution is 2.27. The molecule has 3 nitrogen and oxygen atoms in total. The molecule has 19 heavy (non-hydrogen) atoms. The van der Waals surface area contributed by atoms with Gasteiger partial charge in [0.25, 0.3) is 10.0 Å². The molecule has 0 aliphatic carbocycles. The number of hydrogen-bond donors (Lipinski definition) is 1. The van der Waals surface area contributed by atoms with Crippen molar-refractivity contribution in [3.05, 3.63) is 57.8 Å². The van der Waals surface area contributed by atoms with Crippen LogP contribution in [0.3, 0.4) is 0 Å². The third-order valence-electron chi connectivity index (χ3n) is 2.32. The third-order valence-corrected chi connectivity index (χ3v) is 4.99. The number of nitrogens with one attached hydrogen (secondary N) is 1. The molecular weight excluding hydrogens is 357 g/mol. The second kappa shape index (κ2) is 5.48. The van der Waals surface area contributed by atoms with E-state index in [9.17, 15) is 12.8 Å². The first-order chi connectivity index (χ1) is 8.92. The Morgan fingerprint density at radius 3 is 2.47 bits per heavy atom. The van der Waals surface area contributed by atoms with E-state index in [0.717, 1.165) is 0 Å². The standard InChI is InChI=1S/C12H8BrClFNO2S/c13-8-4-1-2-7-11(8)19(17,18)16-10-6-3-5-9(14)12(10)15/h1-7,16H. The molecule has 0 spiro atoms. The van der Waals surface area contributed by atoms with E-state index in [4.69, 9.17) is 11.6 Å². The van der Waals surface area contributed by atoms with E-state index in [0.29, 0.717) is 4.47 Å². The number of benzene rings is 2. The maximum Gasteiger partial charge on any atom is 0.263 e. The average Bonchev–Trinajstić information content (AvgIpc) is 2.35. The molecule has 0 aliphatic heterocycles. The van der Waals surface area contributed by atoms with Crippen LogP contribution in [0.1, 0.15) is 0 Å². The molecule has 0 radical (unpaired) electrons. The Kier molecular flexibility index (Phi) is 4.13. The minimum Gasteiger partial charge on any atom is -0.277 e. The average molecular weight is 365 g/mol. The number of hydrogen-bond acceptors (Lipinski definition) is 2. The van der Waals surface area contributed by atoms with E-state index in [1.165, 1.54) is 24.3 Å². The van der Waals surface area contributed by atoms with Crippen LogP contribution in [0.15, 0.2) is 51.8 Å². The lowest BCUT2D eigenvalue weighted by Gasteiger charge is -2.10. The third kappa shape index (κ3) is 3.08.